The molecule has 2 atom stereocenters. The summed E-state index contributed by atoms with van der Waals surface area (Å²) in [7, 11) is 0. The Morgan fingerprint density at radius 1 is 1.45 bits per heavy atom. The summed E-state index contributed by atoms with van der Waals surface area (Å²) in [6.07, 6.45) is 4.79. The molecule has 2 unspecified atom stereocenters. The molecule has 0 saturated carbocycles. The molecule has 3 rings (SSSR count). The Hall–Kier alpha value is -2.08. The first kappa shape index (κ1) is 14.8. The topological polar surface area (TPSA) is 62.6 Å². The van der Waals surface area contributed by atoms with Crippen molar-refractivity contribution in [3.63, 3.8) is 0 Å². The second-order valence-corrected chi connectivity index (χ2v) is 6.39. The molecule has 5 nitrogen and oxygen atoms in total. The van der Waals surface area contributed by atoms with Crippen molar-refractivity contribution >= 4 is 23.2 Å². The highest BCUT2D eigenvalue weighted by atomic mass is 32.1. The second-order valence-electron chi connectivity index (χ2n) is 5.41. The average molecular weight is 318 g/mol. The van der Waals surface area contributed by atoms with Crippen LogP contribution < -0.4 is 5.32 Å². The number of rotatable bonds is 4. The van der Waals surface area contributed by atoms with Gasteiger partial charge in [0.1, 0.15) is 12.3 Å². The second kappa shape index (κ2) is 6.36. The van der Waals surface area contributed by atoms with Crippen LogP contribution in [-0.2, 0) is 4.79 Å². The summed E-state index contributed by atoms with van der Waals surface area (Å²) in [5.41, 5.74) is 0.427. The average Bonchev–Trinajstić information content (AvgIpc) is 3.26. The highest BCUT2D eigenvalue weighted by Crippen LogP contribution is 2.34. The molecule has 3 heterocycles. The highest BCUT2D eigenvalue weighted by Gasteiger charge is 2.33. The van der Waals surface area contributed by atoms with Crippen LogP contribution in [-0.4, -0.2) is 29.3 Å². The third kappa shape index (κ3) is 2.92. The number of carbonyl (C=O) groups excluding carboxylic acids is 2. The predicted molar refractivity (Wildman–Crippen MR) is 83.6 cm³/mol. The first-order valence-corrected chi connectivity index (χ1v) is 8.21. The fourth-order valence-electron chi connectivity index (χ4n) is 2.79. The standard InChI is InChI=1S/C16H18N2O3S/c1-11(17-15(19)12-6-8-21-10-12)16(20)18-7-2-4-13(18)14-5-3-9-22-14/h3,5-6,8-11,13H,2,4,7H2,1H3,(H,17,19). The smallest absolute Gasteiger partial charge is 0.255 e. The molecule has 2 amide bonds. The van der Waals surface area contributed by atoms with Gasteiger partial charge in [-0.3, -0.25) is 9.59 Å². The van der Waals surface area contributed by atoms with Crippen LogP contribution in [0, 0.1) is 0 Å². The van der Waals surface area contributed by atoms with E-state index in [1.165, 1.54) is 17.4 Å². The lowest BCUT2D eigenvalue weighted by molar-refractivity contribution is -0.133. The molecule has 0 radical (unpaired) electrons. The third-order valence-electron chi connectivity index (χ3n) is 3.91. The Labute approximate surface area is 132 Å². The van der Waals surface area contributed by atoms with Crippen LogP contribution in [0.15, 0.2) is 40.5 Å². The first-order valence-electron chi connectivity index (χ1n) is 7.34. The Bertz CT molecular complexity index is 636. The number of hydrogen-bond acceptors (Lipinski definition) is 4. The summed E-state index contributed by atoms with van der Waals surface area (Å²) >= 11 is 1.67. The number of carbonyl (C=O) groups is 2. The van der Waals surface area contributed by atoms with E-state index in [9.17, 15) is 9.59 Å². The Morgan fingerprint density at radius 3 is 3.00 bits per heavy atom. The minimum absolute atomic E-state index is 0.0345. The predicted octanol–water partition coefficient (Wildman–Crippen LogP) is 2.82. The molecule has 0 bridgehead atoms. The van der Waals surface area contributed by atoms with E-state index >= 15 is 0 Å². The van der Waals surface area contributed by atoms with Gasteiger partial charge in [0.25, 0.3) is 5.91 Å². The van der Waals surface area contributed by atoms with Crippen molar-refractivity contribution in [1.82, 2.24) is 10.2 Å². The molecule has 1 N–H and O–H groups in total. The summed E-state index contributed by atoms with van der Waals surface area (Å²) in [6, 6.07) is 5.24. The van der Waals surface area contributed by atoms with Crippen LogP contribution in [0.4, 0.5) is 0 Å². The molecule has 22 heavy (non-hydrogen) atoms. The van der Waals surface area contributed by atoms with Gasteiger partial charge in [0, 0.05) is 11.4 Å². The molecule has 2 aromatic rings. The third-order valence-corrected chi connectivity index (χ3v) is 4.88. The summed E-state index contributed by atoms with van der Waals surface area (Å²) < 4.78 is 4.89. The monoisotopic (exact) mass is 318 g/mol. The van der Waals surface area contributed by atoms with Crippen molar-refractivity contribution in [1.29, 1.82) is 0 Å². The molecule has 0 spiro atoms. The summed E-state index contributed by atoms with van der Waals surface area (Å²) in [5.74, 6) is -0.325. The van der Waals surface area contributed by atoms with Crippen LogP contribution >= 0.6 is 11.3 Å². The molecule has 116 valence electrons. The first-order chi connectivity index (χ1) is 10.7. The van der Waals surface area contributed by atoms with E-state index in [0.717, 1.165) is 19.4 Å². The molecule has 1 fully saturated rings. The quantitative estimate of drug-likeness (QED) is 0.943. The largest absolute Gasteiger partial charge is 0.472 e. The fraction of sp³-hybridized carbons (Fsp3) is 0.375. The maximum Gasteiger partial charge on any atom is 0.255 e. The minimum atomic E-state index is -0.553. The van der Waals surface area contributed by atoms with Gasteiger partial charge in [-0.05, 0) is 37.3 Å². The van der Waals surface area contributed by atoms with E-state index in [-0.39, 0.29) is 17.9 Å². The number of nitrogens with one attached hydrogen (secondary N) is 1. The number of furan rings is 1. The van der Waals surface area contributed by atoms with Crippen molar-refractivity contribution in [2.45, 2.75) is 31.8 Å². The molecule has 0 aliphatic carbocycles. The summed E-state index contributed by atoms with van der Waals surface area (Å²) in [5, 5.41) is 4.77. The lowest BCUT2D eigenvalue weighted by Gasteiger charge is -2.27. The van der Waals surface area contributed by atoms with E-state index < -0.39 is 6.04 Å². The minimum Gasteiger partial charge on any atom is -0.472 e. The van der Waals surface area contributed by atoms with E-state index in [1.807, 2.05) is 16.3 Å². The van der Waals surface area contributed by atoms with Crippen molar-refractivity contribution in [2.24, 2.45) is 0 Å². The van der Waals surface area contributed by atoms with Gasteiger partial charge in [-0.25, -0.2) is 0 Å². The molecular weight excluding hydrogens is 300 g/mol. The van der Waals surface area contributed by atoms with Gasteiger partial charge < -0.3 is 14.6 Å². The number of likely N-dealkylation sites (tertiary alicyclic amines) is 1. The Kier molecular flexibility index (Phi) is 4.29. The number of thiophene rings is 1. The zero-order valence-electron chi connectivity index (χ0n) is 12.3. The number of hydrogen-bond donors (Lipinski definition) is 1. The summed E-state index contributed by atoms with van der Waals surface area (Å²) in [4.78, 5) is 27.7. The van der Waals surface area contributed by atoms with Crippen LogP contribution in [0.5, 0.6) is 0 Å². The van der Waals surface area contributed by atoms with Crippen LogP contribution in [0.1, 0.15) is 41.0 Å². The van der Waals surface area contributed by atoms with Gasteiger partial charge in [0.05, 0.1) is 17.9 Å². The molecular formula is C16H18N2O3S. The Balaban J connectivity index is 1.66. The van der Waals surface area contributed by atoms with Crippen molar-refractivity contribution in [3.05, 3.63) is 46.5 Å². The lowest BCUT2D eigenvalue weighted by atomic mass is 10.1. The molecule has 1 aliphatic heterocycles. The van der Waals surface area contributed by atoms with Gasteiger partial charge in [-0.15, -0.1) is 11.3 Å². The van der Waals surface area contributed by atoms with E-state index in [2.05, 4.69) is 11.4 Å². The highest BCUT2D eigenvalue weighted by molar-refractivity contribution is 7.10. The zero-order valence-corrected chi connectivity index (χ0v) is 13.1. The van der Waals surface area contributed by atoms with Crippen LogP contribution in [0.3, 0.4) is 0 Å². The van der Waals surface area contributed by atoms with Gasteiger partial charge >= 0.3 is 0 Å². The van der Waals surface area contributed by atoms with E-state index in [0.29, 0.717) is 5.56 Å². The maximum atomic E-state index is 12.6. The number of nitrogens with zero attached hydrogens (tertiary/aromatic N) is 1. The number of amides is 2. The molecule has 0 aromatic carbocycles. The van der Waals surface area contributed by atoms with Crippen LogP contribution in [0.2, 0.25) is 0 Å². The summed E-state index contributed by atoms with van der Waals surface area (Å²) in [6.45, 7) is 2.47. The van der Waals surface area contributed by atoms with E-state index in [4.69, 9.17) is 4.42 Å². The zero-order chi connectivity index (χ0) is 15.5. The fourth-order valence-corrected chi connectivity index (χ4v) is 3.66. The normalized spacial score (nSPS) is 19.1. The molecule has 2 aromatic heterocycles. The van der Waals surface area contributed by atoms with Crippen molar-refractivity contribution in [2.75, 3.05) is 6.54 Å². The molecule has 1 saturated heterocycles. The van der Waals surface area contributed by atoms with Crippen molar-refractivity contribution in [3.8, 4) is 0 Å². The van der Waals surface area contributed by atoms with Crippen LogP contribution in [0.25, 0.3) is 0 Å². The van der Waals surface area contributed by atoms with Crippen molar-refractivity contribution < 1.29 is 14.0 Å². The molecule has 6 heteroatoms. The Morgan fingerprint density at radius 2 is 2.32 bits per heavy atom. The SMILES string of the molecule is CC(NC(=O)c1ccoc1)C(=O)N1CCCC1c1cccs1. The van der Waals surface area contributed by atoms with E-state index in [1.54, 1.807) is 24.3 Å². The molecule has 1 aliphatic rings. The lowest BCUT2D eigenvalue weighted by Crippen LogP contribution is -2.46. The van der Waals surface area contributed by atoms with Gasteiger partial charge in [-0.1, -0.05) is 6.07 Å². The van der Waals surface area contributed by atoms with Gasteiger partial charge in [0.2, 0.25) is 5.91 Å². The van der Waals surface area contributed by atoms with Gasteiger partial charge in [0.15, 0.2) is 0 Å². The van der Waals surface area contributed by atoms with Gasteiger partial charge in [-0.2, -0.15) is 0 Å². The maximum absolute atomic E-state index is 12.6.